The molecule has 1 aliphatic rings. The molecular formula is C25H36N2O. The molecule has 152 valence electrons. The van der Waals surface area contributed by atoms with Crippen molar-refractivity contribution in [2.24, 2.45) is 5.16 Å². The van der Waals surface area contributed by atoms with Crippen molar-refractivity contribution in [3.05, 3.63) is 65.2 Å². The fourth-order valence-electron chi connectivity index (χ4n) is 3.14. The second-order valence-corrected chi connectivity index (χ2v) is 5.97. The van der Waals surface area contributed by atoms with E-state index in [0.29, 0.717) is 0 Å². The van der Waals surface area contributed by atoms with E-state index in [1.165, 1.54) is 29.5 Å². The van der Waals surface area contributed by atoms with Gasteiger partial charge in [0.15, 0.2) is 0 Å². The second kappa shape index (κ2) is 13.7. The molecule has 0 spiro atoms. The first-order valence-corrected chi connectivity index (χ1v) is 10.5. The first-order valence-electron chi connectivity index (χ1n) is 10.5. The van der Waals surface area contributed by atoms with Crippen molar-refractivity contribution >= 4 is 11.8 Å². The number of hydrogen-bond donors (Lipinski definition) is 1. The Balaban J connectivity index is 0.000000921. The van der Waals surface area contributed by atoms with E-state index in [2.05, 4.69) is 59.0 Å². The van der Waals surface area contributed by atoms with Gasteiger partial charge in [0.25, 0.3) is 0 Å². The highest BCUT2D eigenvalue weighted by Gasteiger charge is 2.25. The third-order valence-corrected chi connectivity index (χ3v) is 4.31. The minimum absolute atomic E-state index is 0.923. The maximum Gasteiger partial charge on any atom is 0.118 e. The predicted molar refractivity (Wildman–Crippen MR) is 124 cm³/mol. The highest BCUT2D eigenvalue weighted by atomic mass is 16.6. The van der Waals surface area contributed by atoms with E-state index >= 15 is 0 Å². The van der Waals surface area contributed by atoms with Crippen LogP contribution < -0.4 is 5.32 Å². The Morgan fingerprint density at radius 3 is 2.25 bits per heavy atom. The van der Waals surface area contributed by atoms with Crippen molar-refractivity contribution in [3.8, 4) is 11.1 Å². The molecule has 0 amide bonds. The van der Waals surface area contributed by atoms with Crippen LogP contribution in [0.25, 0.3) is 17.2 Å². The first kappa shape index (κ1) is 23.6. The minimum atomic E-state index is 0.923. The van der Waals surface area contributed by atoms with E-state index in [1.54, 1.807) is 7.11 Å². The van der Waals surface area contributed by atoms with Gasteiger partial charge in [0, 0.05) is 11.1 Å². The first-order chi connectivity index (χ1) is 13.8. The van der Waals surface area contributed by atoms with Gasteiger partial charge >= 0.3 is 0 Å². The van der Waals surface area contributed by atoms with Gasteiger partial charge in [0.2, 0.25) is 0 Å². The fraction of sp³-hybridized carbons (Fsp3) is 0.400. The maximum atomic E-state index is 5.08. The maximum absolute atomic E-state index is 5.08. The third kappa shape index (κ3) is 6.07. The van der Waals surface area contributed by atoms with Gasteiger partial charge in [-0.15, -0.1) is 0 Å². The number of unbranched alkanes of at least 4 members (excludes halogenated alkanes) is 2. The Hall–Kier alpha value is -2.39. The molecule has 0 unspecified atom stereocenters. The summed E-state index contributed by atoms with van der Waals surface area (Å²) in [5.41, 5.74) is 6.88. The van der Waals surface area contributed by atoms with Crippen LogP contribution in [0.2, 0.25) is 0 Å². The molecule has 2 aromatic carbocycles. The van der Waals surface area contributed by atoms with Gasteiger partial charge in [-0.3, -0.25) is 0 Å². The Morgan fingerprint density at radius 2 is 1.57 bits per heavy atom. The standard InChI is InChI=1S/C21H24N2O.2C2H6/c1-22-14-8-4-3-5-9-16-12-13-18-17-10-6-7-11-19(17)21(23-24-2)20(18)15-16;2*1-2/h5-7,9-13,15,22H,3-4,8,14H2,1-2H3;2*1-2H3/b9-5+,23-21+;;. The van der Waals surface area contributed by atoms with E-state index in [1.807, 2.05) is 40.8 Å². The van der Waals surface area contributed by atoms with E-state index in [0.717, 1.165) is 29.8 Å². The highest BCUT2D eigenvalue weighted by Crippen LogP contribution is 2.37. The summed E-state index contributed by atoms with van der Waals surface area (Å²) in [6, 6.07) is 14.9. The molecule has 0 atom stereocenters. The molecule has 3 rings (SSSR count). The molecular weight excluding hydrogens is 344 g/mol. The number of fused-ring (bicyclic) bond motifs is 3. The average Bonchev–Trinajstić information content (AvgIpc) is 3.07. The van der Waals surface area contributed by atoms with Crippen LogP contribution >= 0.6 is 0 Å². The number of nitrogens with one attached hydrogen (secondary N) is 1. The zero-order valence-electron chi connectivity index (χ0n) is 18.4. The number of oxime groups is 1. The summed E-state index contributed by atoms with van der Waals surface area (Å²) in [7, 11) is 3.60. The minimum Gasteiger partial charge on any atom is -0.399 e. The second-order valence-electron chi connectivity index (χ2n) is 5.97. The third-order valence-electron chi connectivity index (χ3n) is 4.31. The molecule has 3 nitrogen and oxygen atoms in total. The Bertz CT molecular complexity index is 763. The summed E-state index contributed by atoms with van der Waals surface area (Å²) in [5, 5.41) is 7.44. The van der Waals surface area contributed by atoms with Crippen LogP contribution in [-0.4, -0.2) is 26.4 Å². The molecule has 0 aliphatic heterocycles. The van der Waals surface area contributed by atoms with Crippen molar-refractivity contribution in [2.45, 2.75) is 47.0 Å². The molecule has 0 fully saturated rings. The van der Waals surface area contributed by atoms with Crippen molar-refractivity contribution in [1.82, 2.24) is 5.32 Å². The van der Waals surface area contributed by atoms with Crippen LogP contribution in [0.3, 0.4) is 0 Å². The molecule has 0 aromatic heterocycles. The van der Waals surface area contributed by atoms with Crippen molar-refractivity contribution in [3.63, 3.8) is 0 Å². The molecule has 1 aliphatic carbocycles. The van der Waals surface area contributed by atoms with Gasteiger partial charge < -0.3 is 10.2 Å². The van der Waals surface area contributed by atoms with Gasteiger partial charge in [-0.2, -0.15) is 0 Å². The SMILES string of the molecule is CC.CC.CNCCCC/C=C/c1ccc2c(c1)/C(=N/OC)c1ccccc1-2. The molecule has 0 heterocycles. The van der Waals surface area contributed by atoms with Crippen molar-refractivity contribution in [2.75, 3.05) is 20.7 Å². The van der Waals surface area contributed by atoms with E-state index < -0.39 is 0 Å². The topological polar surface area (TPSA) is 33.6 Å². The van der Waals surface area contributed by atoms with Gasteiger partial charge in [0.1, 0.15) is 12.8 Å². The number of hydrogen-bond acceptors (Lipinski definition) is 3. The lowest BCUT2D eigenvalue weighted by atomic mass is 10.0. The Kier molecular flexibility index (Phi) is 11.6. The van der Waals surface area contributed by atoms with E-state index in [4.69, 9.17) is 4.84 Å². The normalized spacial score (nSPS) is 12.6. The largest absolute Gasteiger partial charge is 0.399 e. The van der Waals surface area contributed by atoms with Crippen LogP contribution in [0.4, 0.5) is 0 Å². The van der Waals surface area contributed by atoms with E-state index in [9.17, 15) is 0 Å². The molecule has 0 saturated heterocycles. The Labute approximate surface area is 171 Å². The monoisotopic (exact) mass is 380 g/mol. The van der Waals surface area contributed by atoms with Gasteiger partial charge in [-0.1, -0.05) is 81.4 Å². The quantitative estimate of drug-likeness (QED) is 0.374. The van der Waals surface area contributed by atoms with Gasteiger partial charge in [-0.25, -0.2) is 0 Å². The molecule has 2 aromatic rings. The van der Waals surface area contributed by atoms with Crippen LogP contribution in [0.15, 0.2) is 53.7 Å². The highest BCUT2D eigenvalue weighted by molar-refractivity contribution is 6.24. The zero-order valence-corrected chi connectivity index (χ0v) is 18.4. The molecule has 28 heavy (non-hydrogen) atoms. The fourth-order valence-corrected chi connectivity index (χ4v) is 3.14. The lowest BCUT2D eigenvalue weighted by Crippen LogP contribution is -2.06. The van der Waals surface area contributed by atoms with Crippen LogP contribution in [0.1, 0.15) is 63.6 Å². The lowest BCUT2D eigenvalue weighted by molar-refractivity contribution is 0.214. The van der Waals surface area contributed by atoms with Crippen molar-refractivity contribution < 1.29 is 4.84 Å². The number of rotatable bonds is 7. The van der Waals surface area contributed by atoms with Crippen LogP contribution in [0, 0.1) is 0 Å². The number of nitrogens with zero attached hydrogens (tertiary/aromatic N) is 1. The summed E-state index contributed by atoms with van der Waals surface area (Å²) in [4.78, 5) is 5.08. The molecule has 0 bridgehead atoms. The zero-order chi connectivity index (χ0) is 20.8. The number of benzene rings is 2. The molecule has 0 saturated carbocycles. The van der Waals surface area contributed by atoms with Crippen LogP contribution in [0.5, 0.6) is 0 Å². The van der Waals surface area contributed by atoms with Gasteiger partial charge in [0.05, 0.1) is 0 Å². The summed E-state index contributed by atoms with van der Waals surface area (Å²) >= 11 is 0. The van der Waals surface area contributed by atoms with Crippen LogP contribution in [-0.2, 0) is 4.84 Å². The van der Waals surface area contributed by atoms with E-state index in [-0.39, 0.29) is 0 Å². The summed E-state index contributed by atoms with van der Waals surface area (Å²) in [6.45, 7) is 9.09. The lowest BCUT2D eigenvalue weighted by Gasteiger charge is -2.03. The molecule has 1 N–H and O–H groups in total. The smallest absolute Gasteiger partial charge is 0.118 e. The summed E-state index contributed by atoms with van der Waals surface area (Å²) < 4.78 is 0. The summed E-state index contributed by atoms with van der Waals surface area (Å²) in [6.07, 6.45) is 7.99. The predicted octanol–water partition coefficient (Wildman–Crippen LogP) is 6.52. The molecule has 0 radical (unpaired) electrons. The molecule has 3 heteroatoms. The average molecular weight is 381 g/mol. The van der Waals surface area contributed by atoms with Gasteiger partial charge in [-0.05, 0) is 55.6 Å². The number of allylic oxidation sites excluding steroid dienone is 1. The van der Waals surface area contributed by atoms with Crippen molar-refractivity contribution in [1.29, 1.82) is 0 Å². The summed E-state index contributed by atoms with van der Waals surface area (Å²) in [5.74, 6) is 0. The Morgan fingerprint density at radius 1 is 0.893 bits per heavy atom.